The molecule has 2 aromatic heterocycles. The summed E-state index contributed by atoms with van der Waals surface area (Å²) in [6.45, 7) is 0. The molecule has 0 bridgehead atoms. The van der Waals surface area contributed by atoms with Gasteiger partial charge in [-0.2, -0.15) is 0 Å². The zero-order valence-corrected chi connectivity index (χ0v) is 13.6. The summed E-state index contributed by atoms with van der Waals surface area (Å²) in [6.07, 6.45) is 6.59. The van der Waals surface area contributed by atoms with Gasteiger partial charge in [0.15, 0.2) is 5.78 Å². The molecule has 1 aromatic carbocycles. The van der Waals surface area contributed by atoms with E-state index in [0.717, 1.165) is 10.4 Å². The molecule has 0 aliphatic rings. The lowest BCUT2D eigenvalue weighted by molar-refractivity contribution is 0.105. The molecule has 0 saturated heterocycles. The van der Waals surface area contributed by atoms with E-state index in [1.807, 2.05) is 12.1 Å². The van der Waals surface area contributed by atoms with E-state index in [1.54, 1.807) is 48.8 Å². The molecule has 5 heteroatoms. The van der Waals surface area contributed by atoms with Crippen LogP contribution in [0, 0.1) is 5.82 Å². The molecule has 0 aliphatic heterocycles. The smallest absolute Gasteiger partial charge is 0.195 e. The van der Waals surface area contributed by atoms with Gasteiger partial charge < -0.3 is 0 Å². The van der Waals surface area contributed by atoms with Crippen molar-refractivity contribution in [2.75, 3.05) is 0 Å². The van der Waals surface area contributed by atoms with Crippen LogP contribution in [0.2, 0.25) is 0 Å². The van der Waals surface area contributed by atoms with Crippen LogP contribution in [0.3, 0.4) is 0 Å². The lowest BCUT2D eigenvalue weighted by Crippen LogP contribution is -1.88. The number of hydrogen-bond donors (Lipinski definition) is 0. The summed E-state index contributed by atoms with van der Waals surface area (Å²) in [5.74, 6) is -0.384. The van der Waals surface area contributed by atoms with E-state index < -0.39 is 0 Å². The van der Waals surface area contributed by atoms with Crippen LogP contribution >= 0.6 is 23.7 Å². The average molecular weight is 346 g/mol. The van der Waals surface area contributed by atoms with Crippen LogP contribution in [-0.4, -0.2) is 10.8 Å². The summed E-state index contributed by atoms with van der Waals surface area (Å²) >= 11 is 1.29. The first-order valence-corrected chi connectivity index (χ1v) is 7.53. The Bertz CT molecular complexity index is 830. The van der Waals surface area contributed by atoms with Crippen LogP contribution in [-0.2, 0) is 0 Å². The maximum Gasteiger partial charge on any atom is 0.195 e. The number of halogens is 2. The third-order valence-electron chi connectivity index (χ3n) is 3.10. The first kappa shape index (κ1) is 17.1. The standard InChI is InChI=1S/C18H12FNOS.ClH/c19-15-6-2-1-5-14(15)17-9-10-18(22-17)16(21)8-7-13-4-3-11-20-12-13;/h1-12H;1H/b8-7+;. The Hall–Kier alpha value is -2.30. The fourth-order valence-electron chi connectivity index (χ4n) is 2.00. The molecule has 0 atom stereocenters. The number of carbonyl (C=O) groups is 1. The van der Waals surface area contributed by atoms with Crippen LogP contribution in [0.5, 0.6) is 0 Å². The van der Waals surface area contributed by atoms with Crippen LogP contribution in [0.25, 0.3) is 16.5 Å². The summed E-state index contributed by atoms with van der Waals surface area (Å²) in [5, 5.41) is 0. The molecule has 0 N–H and O–H groups in total. The van der Waals surface area contributed by atoms with E-state index in [9.17, 15) is 9.18 Å². The summed E-state index contributed by atoms with van der Waals surface area (Å²) in [4.78, 5) is 17.5. The zero-order chi connectivity index (χ0) is 15.4. The minimum atomic E-state index is -0.283. The van der Waals surface area contributed by atoms with E-state index in [-0.39, 0.29) is 24.0 Å². The van der Waals surface area contributed by atoms with Crippen LogP contribution in [0.15, 0.2) is 67.0 Å². The molecule has 0 spiro atoms. The molecular formula is C18H13ClFNOS. The highest BCUT2D eigenvalue weighted by Crippen LogP contribution is 2.30. The number of benzene rings is 1. The van der Waals surface area contributed by atoms with Crippen molar-refractivity contribution in [1.29, 1.82) is 0 Å². The molecule has 23 heavy (non-hydrogen) atoms. The summed E-state index contributed by atoms with van der Waals surface area (Å²) in [5.41, 5.74) is 1.38. The van der Waals surface area contributed by atoms with E-state index in [2.05, 4.69) is 4.98 Å². The Morgan fingerprint density at radius 2 is 1.91 bits per heavy atom. The molecule has 3 aromatic rings. The fourth-order valence-corrected chi connectivity index (χ4v) is 2.96. The number of pyridine rings is 1. The van der Waals surface area contributed by atoms with Gasteiger partial charge in [0.05, 0.1) is 4.88 Å². The van der Waals surface area contributed by atoms with Crippen LogP contribution < -0.4 is 0 Å². The van der Waals surface area contributed by atoms with Crippen molar-refractivity contribution in [3.63, 3.8) is 0 Å². The molecular weight excluding hydrogens is 333 g/mol. The number of allylic oxidation sites excluding steroid dienone is 1. The second-order valence-electron chi connectivity index (χ2n) is 4.63. The van der Waals surface area contributed by atoms with Gasteiger partial charge in [-0.1, -0.05) is 24.3 Å². The van der Waals surface area contributed by atoms with Crippen molar-refractivity contribution in [2.45, 2.75) is 0 Å². The lowest BCUT2D eigenvalue weighted by Gasteiger charge is -1.98. The van der Waals surface area contributed by atoms with E-state index >= 15 is 0 Å². The highest BCUT2D eigenvalue weighted by Gasteiger charge is 2.10. The fraction of sp³-hybridized carbons (Fsp3) is 0. The first-order chi connectivity index (χ1) is 10.7. The molecule has 0 radical (unpaired) electrons. The molecule has 0 fully saturated rings. The Labute approximate surface area is 143 Å². The third-order valence-corrected chi connectivity index (χ3v) is 4.23. The number of thiophene rings is 1. The second kappa shape index (κ2) is 7.81. The molecule has 2 heterocycles. The zero-order valence-electron chi connectivity index (χ0n) is 12.0. The molecule has 0 aliphatic carbocycles. The van der Waals surface area contributed by atoms with Crippen LogP contribution in [0.4, 0.5) is 4.39 Å². The summed E-state index contributed by atoms with van der Waals surface area (Å²) in [6, 6.07) is 13.7. The monoisotopic (exact) mass is 345 g/mol. The molecule has 3 rings (SSSR count). The van der Waals surface area contributed by atoms with Crippen molar-refractivity contribution in [2.24, 2.45) is 0 Å². The SMILES string of the molecule is Cl.O=C(/C=C/c1cccnc1)c1ccc(-c2ccccc2F)s1. The quantitative estimate of drug-likeness (QED) is 0.476. The van der Waals surface area contributed by atoms with Gasteiger partial charge in [-0.25, -0.2) is 4.39 Å². The Morgan fingerprint density at radius 3 is 2.65 bits per heavy atom. The predicted molar refractivity (Wildman–Crippen MR) is 94.6 cm³/mol. The van der Waals surface area contributed by atoms with Gasteiger partial charge in [-0.15, -0.1) is 23.7 Å². The average Bonchev–Trinajstić information content (AvgIpc) is 3.04. The summed E-state index contributed by atoms with van der Waals surface area (Å²) < 4.78 is 13.8. The number of aromatic nitrogens is 1. The Morgan fingerprint density at radius 1 is 1.09 bits per heavy atom. The van der Waals surface area contributed by atoms with Gasteiger partial charge >= 0.3 is 0 Å². The Balaban J connectivity index is 0.00000192. The number of nitrogens with zero attached hydrogens (tertiary/aromatic N) is 1. The van der Waals surface area contributed by atoms with Gasteiger partial charge in [-0.3, -0.25) is 9.78 Å². The number of carbonyl (C=O) groups excluding carboxylic acids is 1. The van der Waals surface area contributed by atoms with Gasteiger partial charge in [0.1, 0.15) is 5.82 Å². The predicted octanol–water partition coefficient (Wildman–Crippen LogP) is 5.27. The van der Waals surface area contributed by atoms with Gasteiger partial charge in [0, 0.05) is 22.8 Å². The van der Waals surface area contributed by atoms with Crippen LogP contribution in [0.1, 0.15) is 15.2 Å². The van der Waals surface area contributed by atoms with Crippen molar-refractivity contribution in [3.05, 3.63) is 83.3 Å². The van der Waals surface area contributed by atoms with Gasteiger partial charge in [0.2, 0.25) is 0 Å². The Kier molecular flexibility index (Phi) is 5.79. The minimum absolute atomic E-state index is 0. The molecule has 116 valence electrons. The van der Waals surface area contributed by atoms with E-state index in [1.165, 1.54) is 23.5 Å². The summed E-state index contributed by atoms with van der Waals surface area (Å²) in [7, 11) is 0. The number of rotatable bonds is 4. The largest absolute Gasteiger partial charge is 0.288 e. The van der Waals surface area contributed by atoms with Crippen molar-refractivity contribution < 1.29 is 9.18 Å². The molecule has 0 unspecified atom stereocenters. The number of hydrogen-bond acceptors (Lipinski definition) is 3. The first-order valence-electron chi connectivity index (χ1n) is 6.71. The lowest BCUT2D eigenvalue weighted by atomic mass is 10.2. The minimum Gasteiger partial charge on any atom is -0.288 e. The van der Waals surface area contributed by atoms with E-state index in [4.69, 9.17) is 0 Å². The maximum absolute atomic E-state index is 13.8. The highest BCUT2D eigenvalue weighted by molar-refractivity contribution is 7.17. The van der Waals surface area contributed by atoms with E-state index in [0.29, 0.717) is 10.4 Å². The molecule has 2 nitrogen and oxygen atoms in total. The van der Waals surface area contributed by atoms with Gasteiger partial charge in [-0.05, 0) is 42.0 Å². The third kappa shape index (κ3) is 4.12. The maximum atomic E-state index is 13.8. The van der Waals surface area contributed by atoms with Crippen molar-refractivity contribution >= 4 is 35.6 Å². The van der Waals surface area contributed by atoms with Gasteiger partial charge in [0.25, 0.3) is 0 Å². The molecule has 0 amide bonds. The topological polar surface area (TPSA) is 30.0 Å². The number of ketones is 1. The highest BCUT2D eigenvalue weighted by atomic mass is 35.5. The molecule has 0 saturated carbocycles. The van der Waals surface area contributed by atoms with Crippen molar-refractivity contribution in [3.8, 4) is 10.4 Å². The second-order valence-corrected chi connectivity index (χ2v) is 5.71. The normalized spacial score (nSPS) is 10.5. The van der Waals surface area contributed by atoms with Crippen molar-refractivity contribution in [1.82, 2.24) is 4.98 Å².